The SMILES string of the molecule is COc1cc(Cl)c(C)cc1NC(C)C(C)(C)O. The lowest BCUT2D eigenvalue weighted by atomic mass is 10.0. The number of benzene rings is 1. The molecule has 0 aliphatic rings. The summed E-state index contributed by atoms with van der Waals surface area (Å²) in [4.78, 5) is 0. The van der Waals surface area contributed by atoms with Crippen LogP contribution in [-0.4, -0.2) is 23.9 Å². The van der Waals surface area contributed by atoms with E-state index in [2.05, 4.69) is 5.32 Å². The second kappa shape index (κ2) is 5.15. The molecule has 2 N–H and O–H groups in total. The van der Waals surface area contributed by atoms with Crippen LogP contribution in [0.3, 0.4) is 0 Å². The van der Waals surface area contributed by atoms with Gasteiger partial charge in [0.1, 0.15) is 5.75 Å². The van der Waals surface area contributed by atoms with E-state index in [0.717, 1.165) is 11.3 Å². The zero-order valence-electron chi connectivity index (χ0n) is 11.0. The topological polar surface area (TPSA) is 41.5 Å². The van der Waals surface area contributed by atoms with E-state index in [-0.39, 0.29) is 6.04 Å². The van der Waals surface area contributed by atoms with Gasteiger partial charge in [-0.3, -0.25) is 0 Å². The molecule has 1 aromatic carbocycles. The molecule has 0 radical (unpaired) electrons. The molecule has 0 aliphatic carbocycles. The Morgan fingerprint density at radius 2 is 2.00 bits per heavy atom. The predicted molar refractivity (Wildman–Crippen MR) is 72.1 cm³/mol. The molecule has 0 heterocycles. The zero-order chi connectivity index (χ0) is 13.2. The maximum atomic E-state index is 9.91. The number of rotatable bonds is 4. The van der Waals surface area contributed by atoms with Gasteiger partial charge in [0.05, 0.1) is 24.4 Å². The van der Waals surface area contributed by atoms with Crippen molar-refractivity contribution in [2.24, 2.45) is 0 Å². The molecule has 0 spiro atoms. The summed E-state index contributed by atoms with van der Waals surface area (Å²) in [6.45, 7) is 7.38. The van der Waals surface area contributed by atoms with Gasteiger partial charge >= 0.3 is 0 Å². The molecule has 1 aromatic rings. The average molecular weight is 258 g/mol. The maximum Gasteiger partial charge on any atom is 0.143 e. The lowest BCUT2D eigenvalue weighted by Crippen LogP contribution is -2.39. The molecule has 0 amide bonds. The van der Waals surface area contributed by atoms with Gasteiger partial charge in [-0.05, 0) is 39.3 Å². The number of halogens is 1. The highest BCUT2D eigenvalue weighted by atomic mass is 35.5. The molecule has 4 heteroatoms. The van der Waals surface area contributed by atoms with Gasteiger partial charge in [0.15, 0.2) is 0 Å². The van der Waals surface area contributed by atoms with Gasteiger partial charge in [0.25, 0.3) is 0 Å². The van der Waals surface area contributed by atoms with Crippen molar-refractivity contribution in [2.75, 3.05) is 12.4 Å². The van der Waals surface area contributed by atoms with E-state index in [9.17, 15) is 5.11 Å². The molecule has 0 aromatic heterocycles. The molecule has 0 bridgehead atoms. The highest BCUT2D eigenvalue weighted by Crippen LogP contribution is 2.32. The van der Waals surface area contributed by atoms with Crippen molar-refractivity contribution in [2.45, 2.75) is 39.3 Å². The Labute approximate surface area is 108 Å². The smallest absolute Gasteiger partial charge is 0.143 e. The Morgan fingerprint density at radius 3 is 2.47 bits per heavy atom. The minimum absolute atomic E-state index is 0.100. The van der Waals surface area contributed by atoms with Gasteiger partial charge in [-0.2, -0.15) is 0 Å². The highest BCUT2D eigenvalue weighted by Gasteiger charge is 2.23. The van der Waals surface area contributed by atoms with Crippen LogP contribution in [0.4, 0.5) is 5.69 Å². The lowest BCUT2D eigenvalue weighted by Gasteiger charge is -2.28. The van der Waals surface area contributed by atoms with Crippen LogP contribution < -0.4 is 10.1 Å². The van der Waals surface area contributed by atoms with Crippen molar-refractivity contribution in [3.63, 3.8) is 0 Å². The summed E-state index contributed by atoms with van der Waals surface area (Å²) in [5, 5.41) is 13.8. The fourth-order valence-corrected chi connectivity index (χ4v) is 1.51. The summed E-state index contributed by atoms with van der Waals surface area (Å²) in [5.74, 6) is 0.678. The van der Waals surface area contributed by atoms with E-state index in [4.69, 9.17) is 16.3 Å². The largest absolute Gasteiger partial charge is 0.495 e. The number of aliphatic hydroxyl groups is 1. The lowest BCUT2D eigenvalue weighted by molar-refractivity contribution is 0.0648. The van der Waals surface area contributed by atoms with Crippen molar-refractivity contribution in [1.82, 2.24) is 0 Å². The molecule has 0 saturated heterocycles. The van der Waals surface area contributed by atoms with Crippen LogP contribution in [-0.2, 0) is 0 Å². The van der Waals surface area contributed by atoms with Crippen molar-refractivity contribution in [3.8, 4) is 5.75 Å². The van der Waals surface area contributed by atoms with E-state index >= 15 is 0 Å². The third-order valence-corrected chi connectivity index (χ3v) is 3.32. The molecule has 1 unspecified atom stereocenters. The normalized spacial score (nSPS) is 13.4. The van der Waals surface area contributed by atoms with Crippen LogP contribution in [0.15, 0.2) is 12.1 Å². The molecule has 1 atom stereocenters. The van der Waals surface area contributed by atoms with Crippen molar-refractivity contribution in [3.05, 3.63) is 22.7 Å². The first-order chi connectivity index (χ1) is 7.75. The molecular weight excluding hydrogens is 238 g/mol. The van der Waals surface area contributed by atoms with Gasteiger partial charge in [0, 0.05) is 11.1 Å². The number of anilines is 1. The molecule has 96 valence electrons. The first-order valence-corrected chi connectivity index (χ1v) is 5.96. The number of hydrogen-bond acceptors (Lipinski definition) is 3. The van der Waals surface area contributed by atoms with E-state index < -0.39 is 5.60 Å². The molecule has 0 saturated carbocycles. The Hall–Kier alpha value is -0.930. The monoisotopic (exact) mass is 257 g/mol. The Bertz CT molecular complexity index is 399. The van der Waals surface area contributed by atoms with E-state index in [1.54, 1.807) is 27.0 Å². The van der Waals surface area contributed by atoms with Crippen molar-refractivity contribution >= 4 is 17.3 Å². The van der Waals surface area contributed by atoms with Crippen LogP contribution >= 0.6 is 11.6 Å². The quantitative estimate of drug-likeness (QED) is 0.870. The number of aryl methyl sites for hydroxylation is 1. The molecule has 3 nitrogen and oxygen atoms in total. The molecule has 17 heavy (non-hydrogen) atoms. The first kappa shape index (κ1) is 14.1. The first-order valence-electron chi connectivity index (χ1n) is 5.58. The van der Waals surface area contributed by atoms with Gasteiger partial charge in [-0.15, -0.1) is 0 Å². The van der Waals surface area contributed by atoms with Gasteiger partial charge in [0.2, 0.25) is 0 Å². The predicted octanol–water partition coefficient (Wildman–Crippen LogP) is 3.23. The summed E-state index contributed by atoms with van der Waals surface area (Å²) < 4.78 is 5.27. The molecule has 0 fully saturated rings. The van der Waals surface area contributed by atoms with Gasteiger partial charge in [-0.1, -0.05) is 11.6 Å². The Kier molecular flexibility index (Phi) is 4.28. The van der Waals surface area contributed by atoms with Crippen molar-refractivity contribution in [1.29, 1.82) is 0 Å². The van der Waals surface area contributed by atoms with Crippen molar-refractivity contribution < 1.29 is 9.84 Å². The number of methoxy groups -OCH3 is 1. The molecular formula is C13H20ClNO2. The third-order valence-electron chi connectivity index (χ3n) is 2.91. The van der Waals surface area contributed by atoms with Crippen LogP contribution in [0, 0.1) is 6.92 Å². The van der Waals surface area contributed by atoms with Gasteiger partial charge < -0.3 is 15.2 Å². The highest BCUT2D eigenvalue weighted by molar-refractivity contribution is 6.31. The Morgan fingerprint density at radius 1 is 1.41 bits per heavy atom. The number of nitrogens with one attached hydrogen (secondary N) is 1. The average Bonchev–Trinajstić information content (AvgIpc) is 2.21. The van der Waals surface area contributed by atoms with E-state index in [1.165, 1.54) is 0 Å². The summed E-state index contributed by atoms with van der Waals surface area (Å²) in [7, 11) is 1.60. The standard InChI is InChI=1S/C13H20ClNO2/c1-8-6-11(12(17-5)7-10(8)14)15-9(2)13(3,4)16/h6-7,9,15-16H,1-5H3. The molecule has 1 rings (SSSR count). The summed E-state index contributed by atoms with van der Waals surface area (Å²) in [6.07, 6.45) is 0. The number of hydrogen-bond donors (Lipinski definition) is 2. The fraction of sp³-hybridized carbons (Fsp3) is 0.538. The van der Waals surface area contributed by atoms with Gasteiger partial charge in [-0.25, -0.2) is 0 Å². The number of ether oxygens (including phenoxy) is 1. The molecule has 0 aliphatic heterocycles. The van der Waals surface area contributed by atoms with Crippen LogP contribution in [0.2, 0.25) is 5.02 Å². The van der Waals surface area contributed by atoms with Crippen LogP contribution in [0.1, 0.15) is 26.3 Å². The van der Waals surface area contributed by atoms with Crippen LogP contribution in [0.25, 0.3) is 0 Å². The zero-order valence-corrected chi connectivity index (χ0v) is 11.7. The minimum Gasteiger partial charge on any atom is -0.495 e. The minimum atomic E-state index is -0.807. The van der Waals surface area contributed by atoms with E-state index in [0.29, 0.717) is 10.8 Å². The summed E-state index contributed by atoms with van der Waals surface area (Å²) in [6, 6.07) is 3.59. The van der Waals surface area contributed by atoms with E-state index in [1.807, 2.05) is 19.9 Å². The maximum absolute atomic E-state index is 9.91. The second-order valence-corrected chi connectivity index (χ2v) is 5.23. The fourth-order valence-electron chi connectivity index (χ4n) is 1.35. The third kappa shape index (κ3) is 3.51. The second-order valence-electron chi connectivity index (χ2n) is 4.82. The summed E-state index contributed by atoms with van der Waals surface area (Å²) in [5.41, 5.74) is 1.00. The summed E-state index contributed by atoms with van der Waals surface area (Å²) >= 11 is 6.03. The van der Waals surface area contributed by atoms with Crippen LogP contribution in [0.5, 0.6) is 5.75 Å². The Balaban J connectivity index is 3.02.